The number of aromatic hydroxyl groups is 1. The van der Waals surface area contributed by atoms with E-state index in [9.17, 15) is 18.3 Å². The maximum atomic E-state index is 12.0. The first-order chi connectivity index (χ1) is 12.2. The molecule has 9 heteroatoms. The number of phenolic OH excluding ortho intramolecular Hbond substituents is 1. The summed E-state index contributed by atoms with van der Waals surface area (Å²) in [6, 6.07) is 10.2. The third-order valence-corrected chi connectivity index (χ3v) is 4.30. The summed E-state index contributed by atoms with van der Waals surface area (Å²) in [6.07, 6.45) is 3.42. The first kappa shape index (κ1) is 28.6. The molecule has 142 valence electrons. The Labute approximate surface area is 250 Å². The Hall–Kier alpha value is 0.633. The van der Waals surface area contributed by atoms with Gasteiger partial charge in [-0.1, -0.05) is 44.2 Å². The Kier molecular flexibility index (Phi) is 13.4. The summed E-state index contributed by atoms with van der Waals surface area (Å²) in [5, 5.41) is 9.86. The number of carbonyl (C=O) groups excluding carboxylic acids is 1. The normalized spacial score (nSPS) is 11.0. The third kappa shape index (κ3) is 9.19. The number of hydrogen-bond donors (Lipinski definition) is 2. The maximum absolute atomic E-state index is 12.0. The van der Waals surface area contributed by atoms with Crippen molar-refractivity contribution in [1.29, 1.82) is 0 Å². The number of carbonyl (C=O) groups is 1. The van der Waals surface area contributed by atoms with E-state index in [1.807, 2.05) is 13.8 Å². The van der Waals surface area contributed by atoms with Gasteiger partial charge >= 0.3 is 109 Å². The van der Waals surface area contributed by atoms with Gasteiger partial charge in [0.1, 0.15) is 11.3 Å². The van der Waals surface area contributed by atoms with Crippen molar-refractivity contribution in [2.45, 2.75) is 18.7 Å². The Morgan fingerprint density at radius 3 is 2.11 bits per heavy atom. The molecule has 6 nitrogen and oxygen atoms in total. The van der Waals surface area contributed by atoms with E-state index in [4.69, 9.17) is 9.29 Å². The van der Waals surface area contributed by atoms with Gasteiger partial charge in [0.15, 0.2) is 0 Å². The van der Waals surface area contributed by atoms with E-state index in [0.29, 0.717) is 11.1 Å². The van der Waals surface area contributed by atoms with Crippen LogP contribution in [0.3, 0.4) is 0 Å². The molecule has 0 bridgehead atoms. The van der Waals surface area contributed by atoms with E-state index in [2.05, 4.69) is 0 Å². The van der Waals surface area contributed by atoms with Crippen LogP contribution in [0.25, 0.3) is 12.2 Å². The van der Waals surface area contributed by atoms with Crippen LogP contribution in [0.5, 0.6) is 5.75 Å². The predicted molar refractivity (Wildman–Crippen MR) is 113 cm³/mol. The molecule has 2 rings (SSSR count). The first-order valence-electron chi connectivity index (χ1n) is 7.92. The second-order valence-electron chi connectivity index (χ2n) is 6.15. The van der Waals surface area contributed by atoms with E-state index >= 15 is 0 Å². The predicted octanol–water partition coefficient (Wildman–Crippen LogP) is 2.33. The standard InChI is InChI=1S/C19H20O6S.2K.2H/c1-13(2)12-25-19(21)17-11-15(7-10-18(17)20)4-3-14-5-8-16(9-6-14)26(22,23)24;;;;/h3-11,13,20H,12H2,1-2H3,(H,22,23,24);;;;/b4-3+;;;;. The van der Waals surface area contributed by atoms with Crippen molar-refractivity contribution in [3.05, 3.63) is 59.2 Å². The zero-order chi connectivity index (χ0) is 19.3. The van der Waals surface area contributed by atoms with Gasteiger partial charge in [-0.05, 0) is 41.3 Å². The molecule has 0 aliphatic carbocycles. The number of phenols is 1. The average Bonchev–Trinajstić information content (AvgIpc) is 2.58. The molecule has 2 aromatic carbocycles. The van der Waals surface area contributed by atoms with Crippen molar-refractivity contribution in [3.63, 3.8) is 0 Å². The van der Waals surface area contributed by atoms with Crippen LogP contribution in [0.2, 0.25) is 0 Å². The van der Waals surface area contributed by atoms with Gasteiger partial charge in [-0.2, -0.15) is 8.42 Å². The summed E-state index contributed by atoms with van der Waals surface area (Å²) in [6.45, 7) is 4.09. The van der Waals surface area contributed by atoms with Crippen molar-refractivity contribution < 1.29 is 27.6 Å². The fourth-order valence-corrected chi connectivity index (χ4v) is 2.56. The van der Waals surface area contributed by atoms with Crippen molar-refractivity contribution in [1.82, 2.24) is 0 Å². The first-order valence-corrected chi connectivity index (χ1v) is 9.36. The molecule has 28 heavy (non-hydrogen) atoms. The molecule has 0 radical (unpaired) electrons. The molecule has 0 aliphatic rings. The Balaban J connectivity index is 0.00000364. The zero-order valence-corrected chi connectivity index (χ0v) is 15.2. The van der Waals surface area contributed by atoms with Gasteiger partial charge in [-0.15, -0.1) is 0 Å². The van der Waals surface area contributed by atoms with E-state index < -0.39 is 16.1 Å². The van der Waals surface area contributed by atoms with Gasteiger partial charge in [0, 0.05) is 0 Å². The van der Waals surface area contributed by atoms with Gasteiger partial charge in [-0.3, -0.25) is 4.55 Å². The van der Waals surface area contributed by atoms with E-state index in [1.54, 1.807) is 18.2 Å². The van der Waals surface area contributed by atoms with E-state index in [-0.39, 0.29) is 132 Å². The minimum absolute atomic E-state index is 0. The molecule has 0 aliphatic heterocycles. The molecule has 2 N–H and O–H groups in total. The molecule has 0 fully saturated rings. The second kappa shape index (κ2) is 13.1. The van der Waals surface area contributed by atoms with Crippen LogP contribution in [0.1, 0.15) is 35.3 Å². The summed E-state index contributed by atoms with van der Waals surface area (Å²) in [5.74, 6) is -0.563. The van der Waals surface area contributed by atoms with Crippen molar-refractivity contribution in [2.24, 2.45) is 5.92 Å². The fraction of sp³-hybridized carbons (Fsp3) is 0.211. The number of esters is 1. The van der Waals surface area contributed by atoms with Gasteiger partial charge in [0.25, 0.3) is 10.1 Å². The monoisotopic (exact) mass is 456 g/mol. The van der Waals surface area contributed by atoms with Crippen LogP contribution in [0, 0.1) is 5.92 Å². The van der Waals surface area contributed by atoms with Crippen LogP contribution in [0.4, 0.5) is 0 Å². The van der Waals surface area contributed by atoms with Crippen LogP contribution in [-0.2, 0) is 14.9 Å². The topological polar surface area (TPSA) is 101 Å². The van der Waals surface area contributed by atoms with Crippen LogP contribution >= 0.6 is 0 Å². The van der Waals surface area contributed by atoms with E-state index in [1.165, 1.54) is 36.4 Å². The Bertz CT molecular complexity index is 922. The third-order valence-electron chi connectivity index (χ3n) is 3.43. The molecule has 2 aromatic rings. The number of ether oxygens (including phenoxy) is 1. The number of rotatable bonds is 6. The molecular formula is C19H22K2O6S. The SMILES string of the molecule is CC(C)COC(=O)c1cc(/C=C/c2ccc(S(=O)(=O)O)cc2)ccc1O.[KH].[KH]. The molecule has 0 aromatic heterocycles. The molecule has 0 spiro atoms. The minimum atomic E-state index is -4.22. The van der Waals surface area contributed by atoms with Crippen LogP contribution < -0.4 is 0 Å². The molecule has 0 saturated heterocycles. The molecule has 0 atom stereocenters. The van der Waals surface area contributed by atoms with Crippen LogP contribution in [0.15, 0.2) is 47.4 Å². The van der Waals surface area contributed by atoms with Crippen molar-refractivity contribution >= 4 is 131 Å². The summed E-state index contributed by atoms with van der Waals surface area (Å²) in [7, 11) is -4.22. The van der Waals surface area contributed by atoms with Gasteiger partial charge in [0.05, 0.1) is 11.5 Å². The second-order valence-corrected chi connectivity index (χ2v) is 7.57. The van der Waals surface area contributed by atoms with E-state index in [0.717, 1.165) is 0 Å². The van der Waals surface area contributed by atoms with Gasteiger partial charge in [-0.25, -0.2) is 4.79 Å². The summed E-state index contributed by atoms with van der Waals surface area (Å²) < 4.78 is 36.1. The van der Waals surface area contributed by atoms with Gasteiger partial charge < -0.3 is 9.84 Å². The summed E-state index contributed by atoms with van der Waals surface area (Å²) >= 11 is 0. The average molecular weight is 457 g/mol. The van der Waals surface area contributed by atoms with Crippen molar-refractivity contribution in [2.75, 3.05) is 6.61 Å². The molecule has 0 heterocycles. The van der Waals surface area contributed by atoms with Crippen molar-refractivity contribution in [3.8, 4) is 5.75 Å². The molecular weight excluding hydrogens is 434 g/mol. The van der Waals surface area contributed by atoms with Crippen LogP contribution in [-0.4, -0.2) is 133 Å². The molecule has 0 saturated carbocycles. The molecule has 0 amide bonds. The summed E-state index contributed by atoms with van der Waals surface area (Å²) in [5.41, 5.74) is 1.45. The Morgan fingerprint density at radius 2 is 1.57 bits per heavy atom. The molecule has 0 unspecified atom stereocenters. The van der Waals surface area contributed by atoms with Gasteiger partial charge in [0.2, 0.25) is 0 Å². The number of benzene rings is 2. The Morgan fingerprint density at radius 1 is 1.04 bits per heavy atom. The fourth-order valence-electron chi connectivity index (χ4n) is 2.08. The summed E-state index contributed by atoms with van der Waals surface area (Å²) in [4.78, 5) is 11.9. The number of hydrogen-bond acceptors (Lipinski definition) is 5. The zero-order valence-electron chi connectivity index (χ0n) is 14.4. The quantitative estimate of drug-likeness (QED) is 0.299.